The molecule has 2 aromatic carbocycles. The van der Waals surface area contributed by atoms with Crippen LogP contribution in [-0.2, 0) is 4.79 Å². The molecular formula is C23H16ClFN4O. The molecular weight excluding hydrogens is 403 g/mol. The first kappa shape index (κ1) is 18.6. The first-order valence-corrected chi connectivity index (χ1v) is 9.98. The lowest BCUT2D eigenvalue weighted by molar-refractivity contribution is -0.116. The van der Waals surface area contributed by atoms with Gasteiger partial charge in [-0.2, -0.15) is 5.26 Å². The van der Waals surface area contributed by atoms with Crippen LogP contribution in [0.4, 0.5) is 10.1 Å². The minimum Gasteiger partial charge on any atom is -0.383 e. The smallest absolute Gasteiger partial charge is 0.161 e. The summed E-state index contributed by atoms with van der Waals surface area (Å²) >= 11 is 6.37. The van der Waals surface area contributed by atoms with E-state index in [-0.39, 0.29) is 27.8 Å². The third kappa shape index (κ3) is 2.52. The van der Waals surface area contributed by atoms with Crippen molar-refractivity contribution in [3.8, 4) is 6.07 Å². The maximum Gasteiger partial charge on any atom is 0.161 e. The number of ketones is 1. The number of allylic oxidation sites excluding steroid dienone is 3. The Morgan fingerprint density at radius 3 is 2.77 bits per heavy atom. The van der Waals surface area contributed by atoms with Gasteiger partial charge in [-0.05, 0) is 37.1 Å². The molecule has 7 heteroatoms. The first-order valence-electron chi connectivity index (χ1n) is 9.61. The number of rotatable bonds is 1. The number of carbonyl (C=O) groups excluding carboxylic acids is 1. The van der Waals surface area contributed by atoms with Crippen LogP contribution in [0.15, 0.2) is 70.1 Å². The van der Waals surface area contributed by atoms with Crippen molar-refractivity contribution in [2.24, 2.45) is 10.7 Å². The summed E-state index contributed by atoms with van der Waals surface area (Å²) in [6, 6.07) is 14.0. The summed E-state index contributed by atoms with van der Waals surface area (Å²) in [6.07, 6.45) is 1.62. The van der Waals surface area contributed by atoms with Crippen LogP contribution in [0.2, 0.25) is 5.02 Å². The lowest BCUT2D eigenvalue weighted by Gasteiger charge is -2.42. The summed E-state index contributed by atoms with van der Waals surface area (Å²) in [5.41, 5.74) is 9.12. The molecule has 1 atom stereocenters. The maximum atomic E-state index is 14.9. The molecule has 148 valence electrons. The second kappa shape index (κ2) is 6.82. The minimum absolute atomic E-state index is 0.104. The average molecular weight is 419 g/mol. The molecule has 2 heterocycles. The standard InChI is InChI=1S/C23H16ClFN4O/c24-14-6-3-7-15(25)20(14)19-13(11-26)23-28-22(27)12-5-1-2-8-16(12)29(23)17-9-4-10-18(30)21(17)19/h1-3,5-8,19H,4,9-10H2,(H2,27,28)/t19-/m0/s1. The van der Waals surface area contributed by atoms with Crippen molar-refractivity contribution >= 4 is 28.9 Å². The Kier molecular flexibility index (Phi) is 4.23. The van der Waals surface area contributed by atoms with E-state index in [9.17, 15) is 14.4 Å². The molecule has 0 spiro atoms. The van der Waals surface area contributed by atoms with Crippen molar-refractivity contribution < 1.29 is 9.18 Å². The van der Waals surface area contributed by atoms with E-state index in [0.29, 0.717) is 30.7 Å². The SMILES string of the molecule is N#CC1=C2N=C(N)c3ccccc3N2C2=C(C(=O)CCC2)[C@@H]1c1c(F)cccc1Cl. The monoisotopic (exact) mass is 418 g/mol. The third-order valence-corrected chi connectivity index (χ3v) is 6.11. The van der Waals surface area contributed by atoms with Gasteiger partial charge in [0.1, 0.15) is 11.7 Å². The number of halogens is 2. The highest BCUT2D eigenvalue weighted by Gasteiger charge is 2.44. The summed E-state index contributed by atoms with van der Waals surface area (Å²) in [5.74, 6) is -0.986. The van der Waals surface area contributed by atoms with Gasteiger partial charge in [-0.15, -0.1) is 0 Å². The summed E-state index contributed by atoms with van der Waals surface area (Å²) in [7, 11) is 0. The van der Waals surface area contributed by atoms with Crippen molar-refractivity contribution in [1.29, 1.82) is 5.26 Å². The van der Waals surface area contributed by atoms with Gasteiger partial charge in [-0.25, -0.2) is 9.38 Å². The van der Waals surface area contributed by atoms with Gasteiger partial charge in [0.15, 0.2) is 11.6 Å². The highest BCUT2D eigenvalue weighted by molar-refractivity contribution is 6.31. The lowest BCUT2D eigenvalue weighted by Crippen LogP contribution is -2.39. The van der Waals surface area contributed by atoms with E-state index in [4.69, 9.17) is 17.3 Å². The van der Waals surface area contributed by atoms with Crippen molar-refractivity contribution in [2.45, 2.75) is 25.2 Å². The van der Waals surface area contributed by atoms with E-state index in [1.54, 1.807) is 6.07 Å². The van der Waals surface area contributed by atoms with E-state index in [2.05, 4.69) is 11.1 Å². The average Bonchev–Trinajstić information content (AvgIpc) is 2.73. The number of nitriles is 1. The summed E-state index contributed by atoms with van der Waals surface area (Å²) in [5, 5.41) is 10.3. The fourth-order valence-electron chi connectivity index (χ4n) is 4.55. The molecule has 0 aromatic heterocycles. The Morgan fingerprint density at radius 1 is 1.20 bits per heavy atom. The fraction of sp³-hybridized carbons (Fsp3) is 0.174. The van der Waals surface area contributed by atoms with Crippen LogP contribution < -0.4 is 10.6 Å². The van der Waals surface area contributed by atoms with E-state index in [0.717, 1.165) is 16.9 Å². The van der Waals surface area contributed by atoms with Crippen molar-refractivity contribution in [3.05, 3.63) is 87.1 Å². The molecule has 1 aliphatic carbocycles. The summed E-state index contributed by atoms with van der Waals surface area (Å²) in [4.78, 5) is 19.5. The van der Waals surface area contributed by atoms with Gasteiger partial charge in [-0.3, -0.25) is 9.69 Å². The molecule has 0 bridgehead atoms. The molecule has 0 unspecified atom stereocenters. The fourth-order valence-corrected chi connectivity index (χ4v) is 4.82. The van der Waals surface area contributed by atoms with Gasteiger partial charge >= 0.3 is 0 Å². The van der Waals surface area contributed by atoms with Gasteiger partial charge in [0.05, 0.1) is 23.2 Å². The molecule has 5 rings (SSSR count). The predicted molar refractivity (Wildman–Crippen MR) is 112 cm³/mol. The Hall–Kier alpha value is -3.43. The molecule has 2 aliphatic heterocycles. The number of para-hydroxylation sites is 1. The van der Waals surface area contributed by atoms with Gasteiger partial charge < -0.3 is 5.73 Å². The van der Waals surface area contributed by atoms with Crippen LogP contribution in [-0.4, -0.2) is 11.6 Å². The molecule has 0 amide bonds. The van der Waals surface area contributed by atoms with Crippen LogP contribution in [0.3, 0.4) is 0 Å². The van der Waals surface area contributed by atoms with Gasteiger partial charge in [0, 0.05) is 33.8 Å². The summed E-state index contributed by atoms with van der Waals surface area (Å²) < 4.78 is 14.9. The van der Waals surface area contributed by atoms with Crippen molar-refractivity contribution in [3.63, 3.8) is 0 Å². The third-order valence-electron chi connectivity index (χ3n) is 5.78. The normalized spacial score (nSPS) is 20.3. The van der Waals surface area contributed by atoms with Crippen molar-refractivity contribution in [1.82, 2.24) is 0 Å². The van der Waals surface area contributed by atoms with E-state index in [1.807, 2.05) is 29.2 Å². The number of carbonyl (C=O) groups is 1. The number of Topliss-reactive ketones (excluding diaryl/α,β-unsaturated/α-hetero) is 1. The van der Waals surface area contributed by atoms with E-state index in [1.165, 1.54) is 12.1 Å². The minimum atomic E-state index is -0.917. The van der Waals surface area contributed by atoms with Crippen LogP contribution in [0, 0.1) is 17.1 Å². The first-order chi connectivity index (χ1) is 14.5. The maximum absolute atomic E-state index is 14.9. The molecule has 0 saturated heterocycles. The second-order valence-corrected chi connectivity index (χ2v) is 7.81. The zero-order valence-electron chi connectivity index (χ0n) is 15.8. The second-order valence-electron chi connectivity index (χ2n) is 7.40. The number of nitrogens with zero attached hydrogens (tertiary/aromatic N) is 3. The number of benzene rings is 2. The lowest BCUT2D eigenvalue weighted by atomic mass is 9.75. The van der Waals surface area contributed by atoms with Crippen molar-refractivity contribution in [2.75, 3.05) is 4.90 Å². The Labute approximate surface area is 177 Å². The Bertz CT molecular complexity index is 1230. The molecule has 0 fully saturated rings. The zero-order valence-corrected chi connectivity index (χ0v) is 16.6. The highest BCUT2D eigenvalue weighted by Crippen LogP contribution is 2.50. The Balaban J connectivity index is 1.88. The topological polar surface area (TPSA) is 82.5 Å². The zero-order chi connectivity index (χ0) is 21.0. The number of hydrogen-bond acceptors (Lipinski definition) is 5. The highest BCUT2D eigenvalue weighted by atomic mass is 35.5. The number of fused-ring (bicyclic) bond motifs is 4. The number of anilines is 1. The van der Waals surface area contributed by atoms with Crippen LogP contribution in [0.5, 0.6) is 0 Å². The van der Waals surface area contributed by atoms with Gasteiger partial charge in [0.25, 0.3) is 0 Å². The Morgan fingerprint density at radius 2 is 2.00 bits per heavy atom. The van der Waals surface area contributed by atoms with Gasteiger partial charge in [0.2, 0.25) is 0 Å². The number of amidine groups is 1. The predicted octanol–water partition coefficient (Wildman–Crippen LogP) is 4.54. The molecule has 0 radical (unpaired) electrons. The molecule has 5 nitrogen and oxygen atoms in total. The molecule has 0 saturated carbocycles. The summed E-state index contributed by atoms with van der Waals surface area (Å²) in [6.45, 7) is 0. The number of nitrogens with two attached hydrogens (primary N) is 1. The van der Waals surface area contributed by atoms with Crippen LogP contribution >= 0.6 is 11.6 Å². The molecule has 2 aromatic rings. The molecule has 30 heavy (non-hydrogen) atoms. The number of hydrogen-bond donors (Lipinski definition) is 1. The quantitative estimate of drug-likeness (QED) is 0.736. The van der Waals surface area contributed by atoms with Crippen LogP contribution in [0.1, 0.15) is 36.3 Å². The largest absolute Gasteiger partial charge is 0.383 e. The van der Waals surface area contributed by atoms with E-state index < -0.39 is 11.7 Å². The van der Waals surface area contributed by atoms with Gasteiger partial charge in [-0.1, -0.05) is 29.8 Å². The number of aliphatic imine (C=N–C) groups is 1. The molecule has 3 aliphatic rings. The molecule has 2 N–H and O–H groups in total. The van der Waals surface area contributed by atoms with Crippen LogP contribution in [0.25, 0.3) is 0 Å². The van der Waals surface area contributed by atoms with E-state index >= 15 is 0 Å².